The topological polar surface area (TPSA) is 65.1 Å². The number of carbonyl (C=O) groups is 2. The Labute approximate surface area is 175 Å². The Balaban J connectivity index is 2.44. The first-order valence-electron chi connectivity index (χ1n) is 10.4. The summed E-state index contributed by atoms with van der Waals surface area (Å²) >= 11 is 0. The molecule has 1 aliphatic heterocycles. The van der Waals surface area contributed by atoms with E-state index < -0.39 is 26.6 Å². The van der Waals surface area contributed by atoms with E-state index in [1.54, 1.807) is 14.0 Å². The molecule has 0 aromatic heterocycles. The van der Waals surface area contributed by atoms with Gasteiger partial charge in [-0.3, -0.25) is 4.79 Å². The lowest BCUT2D eigenvalue weighted by molar-refractivity contribution is -0.161. The van der Waals surface area contributed by atoms with E-state index >= 15 is 0 Å². The molecule has 1 saturated heterocycles. The van der Waals surface area contributed by atoms with Crippen molar-refractivity contribution in [2.75, 3.05) is 13.7 Å². The number of ether oxygens (including phenoxy) is 2. The number of nitrogens with zero attached hydrogens (tertiary/aromatic N) is 1. The number of β-lactam (4-membered cyclic amide) rings is 1. The number of carbonyl (C=O) groups excluding carboxylic acids is 2. The quantitative estimate of drug-likeness (QED) is 0.421. The minimum Gasteiger partial charge on any atom is -0.497 e. The average molecular weight is 422 g/mol. The second-order valence-corrected chi connectivity index (χ2v) is 13.9. The van der Waals surface area contributed by atoms with Gasteiger partial charge in [-0.2, -0.15) is 0 Å². The predicted octanol–water partition coefficient (Wildman–Crippen LogP) is 5.30. The minimum atomic E-state index is -2.30. The van der Waals surface area contributed by atoms with E-state index in [0.29, 0.717) is 16.6 Å². The summed E-state index contributed by atoms with van der Waals surface area (Å²) in [4.78, 5) is 26.7. The number of likely N-dealkylation sites (tertiary alicyclic amines) is 1. The maximum Gasteiger partial charge on any atom is 0.417 e. The molecule has 29 heavy (non-hydrogen) atoms. The second-order valence-electron chi connectivity index (χ2n) is 8.48. The van der Waals surface area contributed by atoms with E-state index in [1.807, 2.05) is 24.3 Å². The highest BCUT2D eigenvalue weighted by Crippen LogP contribution is 2.48. The van der Waals surface area contributed by atoms with Crippen LogP contribution in [0.2, 0.25) is 16.6 Å². The first-order valence-corrected chi connectivity index (χ1v) is 12.6. The van der Waals surface area contributed by atoms with Crippen LogP contribution in [0.4, 0.5) is 4.79 Å². The Kier molecular flexibility index (Phi) is 7.51. The molecule has 6 nitrogen and oxygen atoms in total. The Morgan fingerprint density at radius 3 is 1.97 bits per heavy atom. The molecule has 0 N–H and O–H groups in total. The van der Waals surface area contributed by atoms with Gasteiger partial charge >= 0.3 is 6.09 Å². The summed E-state index contributed by atoms with van der Waals surface area (Å²) < 4.78 is 17.1. The zero-order valence-electron chi connectivity index (χ0n) is 18.9. The van der Waals surface area contributed by atoms with E-state index in [9.17, 15) is 9.59 Å². The fourth-order valence-corrected chi connectivity index (χ4v) is 10.2. The van der Waals surface area contributed by atoms with Gasteiger partial charge in [0.15, 0.2) is 6.10 Å². The standard InChI is InChI=1S/C22H35NO5Si/c1-9-27-22(25)23-19(17-10-12-18(26-8)13-11-17)20(21(23)24)28-29(14(2)3,15(4)5)16(6)7/h10-16,19-20H,9H2,1-8H3. The molecule has 0 spiro atoms. The molecule has 2 rings (SSSR count). The van der Waals surface area contributed by atoms with Crippen LogP contribution in [0.1, 0.15) is 60.1 Å². The van der Waals surface area contributed by atoms with Crippen molar-refractivity contribution in [1.82, 2.24) is 4.90 Å². The van der Waals surface area contributed by atoms with Crippen LogP contribution in [0.15, 0.2) is 24.3 Å². The van der Waals surface area contributed by atoms with Crippen molar-refractivity contribution in [2.45, 2.75) is 77.2 Å². The third kappa shape index (κ3) is 4.21. The van der Waals surface area contributed by atoms with Crippen molar-refractivity contribution in [3.8, 4) is 5.75 Å². The van der Waals surface area contributed by atoms with Gasteiger partial charge in [-0.05, 0) is 41.2 Å². The van der Waals surface area contributed by atoms with E-state index in [4.69, 9.17) is 13.9 Å². The highest BCUT2D eigenvalue weighted by Gasteiger charge is 2.58. The smallest absolute Gasteiger partial charge is 0.417 e. The van der Waals surface area contributed by atoms with Crippen LogP contribution in [0.5, 0.6) is 5.75 Å². The zero-order valence-corrected chi connectivity index (χ0v) is 19.9. The summed E-state index contributed by atoms with van der Waals surface area (Å²) in [6, 6.07) is 6.92. The summed E-state index contributed by atoms with van der Waals surface area (Å²) in [5, 5.41) is 0. The Morgan fingerprint density at radius 1 is 1.03 bits per heavy atom. The zero-order chi connectivity index (χ0) is 21.9. The highest BCUT2D eigenvalue weighted by atomic mass is 28.4. The van der Waals surface area contributed by atoms with Crippen molar-refractivity contribution in [1.29, 1.82) is 0 Å². The van der Waals surface area contributed by atoms with Crippen LogP contribution < -0.4 is 4.74 Å². The summed E-state index contributed by atoms with van der Waals surface area (Å²) in [6.45, 7) is 15.0. The number of imide groups is 1. The summed E-state index contributed by atoms with van der Waals surface area (Å²) in [5.74, 6) is 0.401. The first-order chi connectivity index (χ1) is 13.6. The monoisotopic (exact) mass is 421 g/mol. The molecule has 1 aromatic rings. The normalized spacial score (nSPS) is 19.7. The number of methoxy groups -OCH3 is 1. The third-order valence-electron chi connectivity index (χ3n) is 6.01. The fraction of sp³-hybridized carbons (Fsp3) is 0.636. The number of amides is 2. The molecule has 0 radical (unpaired) electrons. The number of hydrogen-bond acceptors (Lipinski definition) is 5. The lowest BCUT2D eigenvalue weighted by Gasteiger charge is -2.51. The molecular weight excluding hydrogens is 386 g/mol. The van der Waals surface area contributed by atoms with E-state index in [1.165, 1.54) is 4.90 Å². The molecule has 1 aliphatic rings. The minimum absolute atomic E-state index is 0.214. The molecule has 0 bridgehead atoms. The number of benzene rings is 1. The van der Waals surface area contributed by atoms with Crippen LogP contribution in [-0.4, -0.2) is 45.0 Å². The summed E-state index contributed by atoms with van der Waals surface area (Å²) in [5.41, 5.74) is 1.85. The number of rotatable bonds is 8. The van der Waals surface area contributed by atoms with Gasteiger partial charge in [0.05, 0.1) is 13.7 Å². The largest absolute Gasteiger partial charge is 0.497 e. The Morgan fingerprint density at radius 2 is 1.55 bits per heavy atom. The van der Waals surface area contributed by atoms with Gasteiger partial charge in [-0.25, -0.2) is 9.69 Å². The van der Waals surface area contributed by atoms with Gasteiger partial charge in [0.1, 0.15) is 11.8 Å². The summed E-state index contributed by atoms with van der Waals surface area (Å²) in [6.07, 6.45) is -1.30. The average Bonchev–Trinajstić information content (AvgIpc) is 2.65. The SMILES string of the molecule is CCOC(=O)N1C(=O)C(O[Si](C(C)C)(C(C)C)C(C)C)C1c1ccc(OC)cc1. The Bertz CT molecular complexity index is 695. The van der Waals surface area contributed by atoms with E-state index in [0.717, 1.165) is 11.3 Å². The van der Waals surface area contributed by atoms with Crippen LogP contribution in [-0.2, 0) is 14.0 Å². The molecule has 1 heterocycles. The van der Waals surface area contributed by atoms with Crippen LogP contribution in [0.25, 0.3) is 0 Å². The lowest BCUT2D eigenvalue weighted by atomic mass is 9.91. The van der Waals surface area contributed by atoms with Crippen LogP contribution in [0.3, 0.4) is 0 Å². The van der Waals surface area contributed by atoms with Crippen LogP contribution in [0, 0.1) is 0 Å². The van der Waals surface area contributed by atoms with E-state index in [2.05, 4.69) is 41.5 Å². The van der Waals surface area contributed by atoms with Crippen LogP contribution >= 0.6 is 0 Å². The molecule has 0 aliphatic carbocycles. The molecule has 1 aromatic carbocycles. The van der Waals surface area contributed by atoms with Gasteiger partial charge in [-0.15, -0.1) is 0 Å². The van der Waals surface area contributed by atoms with Gasteiger partial charge in [0, 0.05) is 0 Å². The van der Waals surface area contributed by atoms with Crippen molar-refractivity contribution < 1.29 is 23.5 Å². The molecule has 162 valence electrons. The molecule has 1 fully saturated rings. The van der Waals surface area contributed by atoms with Crippen molar-refractivity contribution in [3.05, 3.63) is 29.8 Å². The van der Waals surface area contributed by atoms with Crippen molar-refractivity contribution in [3.63, 3.8) is 0 Å². The van der Waals surface area contributed by atoms with Gasteiger partial charge in [-0.1, -0.05) is 53.7 Å². The van der Waals surface area contributed by atoms with Gasteiger partial charge in [0.2, 0.25) is 8.32 Å². The van der Waals surface area contributed by atoms with E-state index in [-0.39, 0.29) is 12.5 Å². The molecule has 2 amide bonds. The number of hydrogen-bond donors (Lipinski definition) is 0. The van der Waals surface area contributed by atoms with Gasteiger partial charge in [0.25, 0.3) is 5.91 Å². The predicted molar refractivity (Wildman–Crippen MR) is 116 cm³/mol. The first kappa shape index (κ1) is 23.4. The Hall–Kier alpha value is -1.86. The third-order valence-corrected chi connectivity index (χ3v) is 12.1. The lowest BCUT2D eigenvalue weighted by Crippen LogP contribution is -2.66. The maximum atomic E-state index is 13.0. The molecule has 7 heteroatoms. The van der Waals surface area contributed by atoms with Crippen molar-refractivity contribution >= 4 is 20.3 Å². The molecule has 2 atom stereocenters. The summed E-state index contributed by atoms with van der Waals surface area (Å²) in [7, 11) is -0.698. The van der Waals surface area contributed by atoms with Gasteiger partial charge < -0.3 is 13.9 Å². The fourth-order valence-electron chi connectivity index (χ4n) is 4.73. The second kappa shape index (κ2) is 9.30. The molecular formula is C22H35NO5Si. The van der Waals surface area contributed by atoms with Crippen molar-refractivity contribution in [2.24, 2.45) is 0 Å². The highest BCUT2D eigenvalue weighted by molar-refractivity contribution is 6.77. The molecule has 0 saturated carbocycles. The maximum absolute atomic E-state index is 13.0. The molecule has 2 unspecified atom stereocenters.